The molecule has 0 unspecified atom stereocenters. The second kappa shape index (κ2) is 8.22. The number of hydrogen-bond donors (Lipinski definition) is 1. The first-order valence-corrected chi connectivity index (χ1v) is 11.2. The van der Waals surface area contributed by atoms with Gasteiger partial charge in [-0.05, 0) is 89.9 Å². The zero-order chi connectivity index (χ0) is 22.2. The number of ketones is 1. The fourth-order valence-corrected chi connectivity index (χ4v) is 4.64. The maximum Gasteiger partial charge on any atom is 0.297 e. The zero-order valence-corrected chi connectivity index (χ0v) is 18.7. The summed E-state index contributed by atoms with van der Waals surface area (Å²) < 4.78 is 6.24. The van der Waals surface area contributed by atoms with Crippen LogP contribution in [0.3, 0.4) is 0 Å². The molecule has 1 N–H and O–H groups in total. The zero-order valence-electron chi connectivity index (χ0n) is 17.1. The van der Waals surface area contributed by atoms with Crippen molar-refractivity contribution in [1.29, 1.82) is 0 Å². The van der Waals surface area contributed by atoms with Crippen molar-refractivity contribution in [3.05, 3.63) is 100 Å². The number of hydrogen-bond acceptors (Lipinski definition) is 4. The molecule has 0 aliphatic heterocycles. The highest BCUT2D eigenvalue weighted by Gasteiger charge is 2.20. The number of benzene rings is 2. The summed E-state index contributed by atoms with van der Waals surface area (Å²) in [7, 11) is 0. The number of halogens is 1. The van der Waals surface area contributed by atoms with Gasteiger partial charge >= 0.3 is 0 Å². The maximum absolute atomic E-state index is 13.0. The van der Waals surface area contributed by atoms with Crippen molar-refractivity contribution in [2.75, 3.05) is 5.32 Å². The molecule has 1 amide bonds. The van der Waals surface area contributed by atoms with Gasteiger partial charge in [0.25, 0.3) is 11.7 Å². The van der Waals surface area contributed by atoms with Gasteiger partial charge in [-0.25, -0.2) is 0 Å². The average Bonchev–Trinajstić information content (AvgIpc) is 3.43. The van der Waals surface area contributed by atoms with Gasteiger partial charge in [-0.3, -0.25) is 9.59 Å². The third kappa shape index (κ3) is 3.90. The lowest BCUT2D eigenvalue weighted by molar-refractivity contribution is -0.112. The van der Waals surface area contributed by atoms with Gasteiger partial charge in [0.1, 0.15) is 5.00 Å². The number of aryl methyl sites for hydroxylation is 1. The van der Waals surface area contributed by atoms with E-state index in [1.165, 1.54) is 0 Å². The molecule has 3 heterocycles. The van der Waals surface area contributed by atoms with Gasteiger partial charge in [0.15, 0.2) is 0 Å². The number of carbonyl (C=O) groups excluding carboxylic acids is 2. The Morgan fingerprint density at radius 3 is 2.62 bits per heavy atom. The van der Waals surface area contributed by atoms with Crippen LogP contribution in [0.4, 0.5) is 5.00 Å². The van der Waals surface area contributed by atoms with Crippen molar-refractivity contribution < 1.29 is 9.59 Å². The maximum atomic E-state index is 13.0. The smallest absolute Gasteiger partial charge is 0.297 e. The van der Waals surface area contributed by atoms with Crippen LogP contribution >= 0.6 is 23.1 Å². The van der Waals surface area contributed by atoms with Gasteiger partial charge in [0.2, 0.25) is 0 Å². The number of carbonyl (C=O) groups is 2. The number of nitrogens with one attached hydrogen (secondary N) is 1. The highest BCUT2D eigenvalue weighted by molar-refractivity contribution is 7.10. The number of aromatic nitrogens is 2. The molecule has 0 bridgehead atoms. The molecule has 0 fully saturated rings. The second-order valence-corrected chi connectivity index (χ2v) is 8.87. The number of nitrogens with zero attached hydrogens (tertiary/aromatic N) is 2. The Kier molecular flexibility index (Phi) is 5.25. The van der Waals surface area contributed by atoms with Crippen molar-refractivity contribution >= 4 is 56.2 Å². The molecule has 0 radical (unpaired) electrons. The van der Waals surface area contributed by atoms with Crippen LogP contribution in [0, 0.1) is 6.92 Å². The Hall–Kier alpha value is -3.48. The lowest BCUT2D eigenvalue weighted by Gasteiger charge is -2.13. The minimum Gasteiger partial charge on any atom is -0.316 e. The summed E-state index contributed by atoms with van der Waals surface area (Å²) in [4.78, 5) is 25.6. The van der Waals surface area contributed by atoms with Gasteiger partial charge < -0.3 is 9.72 Å². The van der Waals surface area contributed by atoms with Gasteiger partial charge in [-0.15, -0.1) is 0 Å². The molecule has 3 aromatic heterocycles. The number of anilines is 1. The summed E-state index contributed by atoms with van der Waals surface area (Å²) >= 11 is 7.20. The fourth-order valence-electron chi connectivity index (χ4n) is 3.86. The highest BCUT2D eigenvalue weighted by Crippen LogP contribution is 2.27. The first-order chi connectivity index (χ1) is 15.5. The first-order valence-electron chi connectivity index (χ1n) is 10.0. The molecular weight excluding hydrogens is 442 g/mol. The summed E-state index contributed by atoms with van der Waals surface area (Å²) in [6, 6.07) is 21.0. The second-order valence-electron chi connectivity index (χ2n) is 7.63. The predicted molar refractivity (Wildman–Crippen MR) is 129 cm³/mol. The Bertz CT molecular complexity index is 1480. The molecule has 5 nitrogen and oxygen atoms in total. The van der Waals surface area contributed by atoms with E-state index in [0.29, 0.717) is 22.0 Å². The van der Waals surface area contributed by atoms with Crippen molar-refractivity contribution in [3.8, 4) is 0 Å². The lowest BCUT2D eigenvalue weighted by atomic mass is 9.97. The molecule has 158 valence electrons. The van der Waals surface area contributed by atoms with Gasteiger partial charge in [-0.1, -0.05) is 29.8 Å². The summed E-state index contributed by atoms with van der Waals surface area (Å²) in [6.45, 7) is 1.84. The highest BCUT2D eigenvalue weighted by atomic mass is 35.5. The Balaban J connectivity index is 1.59. The molecule has 5 aromatic rings. The molecule has 0 aliphatic rings. The molecule has 0 atom stereocenters. The van der Waals surface area contributed by atoms with Gasteiger partial charge in [-0.2, -0.15) is 4.37 Å². The van der Waals surface area contributed by atoms with E-state index in [1.807, 2.05) is 67.7 Å². The molecule has 7 heteroatoms. The monoisotopic (exact) mass is 459 g/mol. The SMILES string of the molecule is Cc1cc(NC(=O)C(=O)c2cc(Cc3ccc(Cl)cc3)c3c(ccc4cccn43)c2)sn1. The third-order valence-electron chi connectivity index (χ3n) is 5.31. The van der Waals surface area contributed by atoms with E-state index in [2.05, 4.69) is 14.1 Å². The normalized spacial score (nSPS) is 11.2. The minimum atomic E-state index is -0.674. The quantitative estimate of drug-likeness (QED) is 0.262. The number of Topliss-reactive ketones (excluding diaryl/α,β-unsaturated/α-hetero) is 1. The average molecular weight is 460 g/mol. The van der Waals surface area contributed by atoms with Crippen molar-refractivity contribution in [1.82, 2.24) is 8.77 Å². The van der Waals surface area contributed by atoms with E-state index in [9.17, 15) is 9.59 Å². The van der Waals surface area contributed by atoms with E-state index in [-0.39, 0.29) is 0 Å². The van der Waals surface area contributed by atoms with Gasteiger partial charge in [0, 0.05) is 22.3 Å². The third-order valence-corrected chi connectivity index (χ3v) is 6.36. The van der Waals surface area contributed by atoms with Crippen LogP contribution in [-0.4, -0.2) is 20.5 Å². The summed E-state index contributed by atoms with van der Waals surface area (Å²) in [5.41, 5.74) is 5.24. The molecule has 0 spiro atoms. The first kappa shape index (κ1) is 20.4. The van der Waals surface area contributed by atoms with Crippen LogP contribution in [0.2, 0.25) is 5.02 Å². The van der Waals surface area contributed by atoms with Crippen molar-refractivity contribution in [2.45, 2.75) is 13.3 Å². The van der Waals surface area contributed by atoms with Crippen molar-refractivity contribution in [2.24, 2.45) is 0 Å². The largest absolute Gasteiger partial charge is 0.316 e. The van der Waals surface area contributed by atoms with E-state index < -0.39 is 11.7 Å². The summed E-state index contributed by atoms with van der Waals surface area (Å²) in [6.07, 6.45) is 2.60. The topological polar surface area (TPSA) is 63.5 Å². The standard InChI is InChI=1S/C25H18ClN3O2S/c1-15-11-22(32-28-15)27-25(31)24(30)19-13-17-6-9-21-3-2-10-29(21)23(17)18(14-19)12-16-4-7-20(26)8-5-16/h2-11,13-14H,12H2,1H3,(H,27,31). The Morgan fingerprint density at radius 1 is 1.06 bits per heavy atom. The van der Waals surface area contributed by atoms with Crippen molar-refractivity contribution in [3.63, 3.8) is 0 Å². The molecule has 0 aliphatic carbocycles. The number of rotatable bonds is 5. The molecule has 0 saturated carbocycles. The van der Waals surface area contributed by atoms with E-state index in [0.717, 1.165) is 44.8 Å². The summed E-state index contributed by atoms with van der Waals surface area (Å²) in [5.74, 6) is -1.25. The number of pyridine rings is 1. The van der Waals surface area contributed by atoms with Crippen LogP contribution < -0.4 is 5.32 Å². The van der Waals surface area contributed by atoms with Crippen LogP contribution in [-0.2, 0) is 11.2 Å². The van der Waals surface area contributed by atoms with Gasteiger partial charge in [0.05, 0.1) is 11.2 Å². The van der Waals surface area contributed by atoms with E-state index >= 15 is 0 Å². The Morgan fingerprint density at radius 2 is 1.88 bits per heavy atom. The van der Waals surface area contributed by atoms with Crippen LogP contribution in [0.15, 0.2) is 72.9 Å². The molecule has 2 aromatic carbocycles. The fraction of sp³-hybridized carbons (Fsp3) is 0.0800. The minimum absolute atomic E-state index is 0.353. The molecule has 0 saturated heterocycles. The predicted octanol–water partition coefficient (Wildman–Crippen LogP) is 5.92. The van der Waals surface area contributed by atoms with E-state index in [1.54, 1.807) is 12.1 Å². The van der Waals surface area contributed by atoms with Crippen LogP contribution in [0.5, 0.6) is 0 Å². The van der Waals surface area contributed by atoms with Crippen LogP contribution in [0.25, 0.3) is 16.4 Å². The molecule has 32 heavy (non-hydrogen) atoms. The van der Waals surface area contributed by atoms with E-state index in [4.69, 9.17) is 11.6 Å². The number of fused-ring (bicyclic) bond motifs is 3. The Labute approximate surface area is 193 Å². The lowest BCUT2D eigenvalue weighted by Crippen LogP contribution is -2.22. The summed E-state index contributed by atoms with van der Waals surface area (Å²) in [5, 5.41) is 4.78. The number of amides is 1. The molecular formula is C25H18ClN3O2S. The van der Waals surface area contributed by atoms with Crippen LogP contribution in [0.1, 0.15) is 27.2 Å². The molecule has 5 rings (SSSR count).